The fourth-order valence-electron chi connectivity index (χ4n) is 6.02. The van der Waals surface area contributed by atoms with Crippen molar-refractivity contribution in [1.29, 1.82) is 0 Å². The molecule has 0 bridgehead atoms. The second kappa shape index (κ2) is 12.0. The zero-order chi connectivity index (χ0) is 26.6. The Hall–Kier alpha value is -1.43. The number of aryl methyl sites for hydroxylation is 1. The first-order chi connectivity index (χ1) is 16.8. The molecule has 36 heavy (non-hydrogen) atoms. The molecule has 3 rings (SSSR count). The first kappa shape index (κ1) is 29.1. The van der Waals surface area contributed by atoms with Crippen molar-refractivity contribution < 1.29 is 19.4 Å². The Morgan fingerprint density at radius 3 is 2.33 bits per heavy atom. The molecule has 202 valence electrons. The predicted molar refractivity (Wildman–Crippen MR) is 151 cm³/mol. The van der Waals surface area contributed by atoms with Crippen LogP contribution >= 0.6 is 0 Å². The maximum Gasteiger partial charge on any atom is 0.307 e. The van der Waals surface area contributed by atoms with E-state index in [1.165, 1.54) is 11.1 Å². The molecule has 0 aromatic heterocycles. The normalized spacial score (nSPS) is 28.1. The average molecular weight is 515 g/mol. The first-order valence-corrected chi connectivity index (χ1v) is 17.6. The fraction of sp³-hybridized carbons (Fsp3) is 0.710. The van der Waals surface area contributed by atoms with E-state index in [1.54, 1.807) is 0 Å². The van der Waals surface area contributed by atoms with E-state index >= 15 is 0 Å². The molecule has 1 aromatic carbocycles. The summed E-state index contributed by atoms with van der Waals surface area (Å²) in [6.07, 6.45) is 6.49. The van der Waals surface area contributed by atoms with Crippen molar-refractivity contribution in [3.05, 3.63) is 47.2 Å². The Balaban J connectivity index is 1.77. The first-order valence-electron chi connectivity index (χ1n) is 14.1. The zero-order valence-electron chi connectivity index (χ0n) is 23.8. The molecule has 2 fully saturated rings. The Bertz CT molecular complexity index is 876. The van der Waals surface area contributed by atoms with Crippen LogP contribution in [0.1, 0.15) is 71.8 Å². The number of rotatable bonds is 10. The summed E-state index contributed by atoms with van der Waals surface area (Å²) in [4.78, 5) is 12.6. The summed E-state index contributed by atoms with van der Waals surface area (Å²) in [5.41, 5.74) is 5.32. The van der Waals surface area contributed by atoms with Crippen LogP contribution in [0.25, 0.3) is 0 Å². The third-order valence-corrected chi connectivity index (χ3v) is 9.35. The van der Waals surface area contributed by atoms with Crippen molar-refractivity contribution in [2.45, 2.75) is 98.1 Å². The van der Waals surface area contributed by atoms with Crippen LogP contribution in [0.3, 0.4) is 0 Å². The Kier molecular flexibility index (Phi) is 9.67. The minimum Gasteiger partial charge on any atom is -0.481 e. The number of allylic oxidation sites excluding steroid dienone is 1. The Morgan fingerprint density at radius 1 is 1.11 bits per heavy atom. The van der Waals surface area contributed by atoms with Gasteiger partial charge in [0.2, 0.25) is 0 Å². The average Bonchev–Trinajstić information content (AvgIpc) is 2.79. The van der Waals surface area contributed by atoms with E-state index in [2.05, 4.69) is 77.3 Å². The van der Waals surface area contributed by atoms with Gasteiger partial charge in [-0.3, -0.25) is 4.79 Å². The van der Waals surface area contributed by atoms with E-state index in [4.69, 9.17) is 9.47 Å². The molecule has 1 aliphatic carbocycles. The molecular formula is C31H50O4Si. The maximum atomic E-state index is 12.6. The van der Waals surface area contributed by atoms with Gasteiger partial charge < -0.3 is 14.6 Å². The van der Waals surface area contributed by atoms with Crippen molar-refractivity contribution in [2.75, 3.05) is 13.2 Å². The van der Waals surface area contributed by atoms with Gasteiger partial charge in [0, 0.05) is 11.8 Å². The lowest BCUT2D eigenvalue weighted by atomic mass is 9.65. The summed E-state index contributed by atoms with van der Waals surface area (Å²) in [5.74, 6) is -0.419. The van der Waals surface area contributed by atoms with Crippen LogP contribution in [0.2, 0.25) is 19.6 Å². The van der Waals surface area contributed by atoms with Gasteiger partial charge in [0.15, 0.2) is 5.79 Å². The third kappa shape index (κ3) is 8.29. The third-order valence-electron chi connectivity index (χ3n) is 8.15. The van der Waals surface area contributed by atoms with Gasteiger partial charge in [0.25, 0.3) is 0 Å². The number of carbonyl (C=O) groups is 1. The molecule has 4 atom stereocenters. The summed E-state index contributed by atoms with van der Waals surface area (Å²) >= 11 is 0. The minimum absolute atomic E-state index is 0.0556. The molecule has 2 aliphatic rings. The van der Waals surface area contributed by atoms with E-state index in [1.807, 2.05) is 6.07 Å². The number of benzene rings is 1. The van der Waals surface area contributed by atoms with Crippen LogP contribution in [0, 0.1) is 29.1 Å². The molecule has 1 saturated carbocycles. The van der Waals surface area contributed by atoms with Crippen molar-refractivity contribution >= 4 is 14.0 Å². The number of hydrogen-bond acceptors (Lipinski definition) is 3. The van der Waals surface area contributed by atoms with Crippen LogP contribution in [0.4, 0.5) is 0 Å². The van der Waals surface area contributed by atoms with Gasteiger partial charge in [-0.2, -0.15) is 0 Å². The van der Waals surface area contributed by atoms with Gasteiger partial charge in [-0.15, -0.1) is 0 Å². The summed E-state index contributed by atoms with van der Waals surface area (Å²) in [6, 6.07) is 10.4. The molecule has 1 aromatic rings. The van der Waals surface area contributed by atoms with Gasteiger partial charge in [-0.1, -0.05) is 82.0 Å². The maximum absolute atomic E-state index is 12.6. The number of aliphatic carboxylic acids is 1. The molecule has 1 saturated heterocycles. The fourth-order valence-corrected chi connectivity index (χ4v) is 7.45. The zero-order valence-corrected chi connectivity index (χ0v) is 24.8. The molecule has 5 heteroatoms. The molecule has 1 N–H and O–H groups in total. The van der Waals surface area contributed by atoms with Crippen molar-refractivity contribution in [3.63, 3.8) is 0 Å². The van der Waals surface area contributed by atoms with Crippen molar-refractivity contribution in [3.8, 4) is 0 Å². The summed E-state index contributed by atoms with van der Waals surface area (Å²) in [5, 5.41) is 10.4. The number of carboxylic acid groups (broad SMARTS) is 1. The highest BCUT2D eigenvalue weighted by molar-refractivity contribution is 6.81. The Morgan fingerprint density at radius 2 is 1.75 bits per heavy atom. The highest BCUT2D eigenvalue weighted by Gasteiger charge is 2.42. The van der Waals surface area contributed by atoms with E-state index < -0.39 is 19.8 Å². The monoisotopic (exact) mass is 514 g/mol. The van der Waals surface area contributed by atoms with Crippen LogP contribution in [-0.4, -0.2) is 38.2 Å². The second-order valence-corrected chi connectivity index (χ2v) is 18.5. The molecule has 1 heterocycles. The lowest BCUT2D eigenvalue weighted by Gasteiger charge is -2.44. The van der Waals surface area contributed by atoms with Crippen molar-refractivity contribution in [2.24, 2.45) is 29.1 Å². The molecule has 0 spiro atoms. The predicted octanol–water partition coefficient (Wildman–Crippen LogP) is 7.75. The standard InChI is InChI=1S/C31H50O4Si/c1-23-16-17-26(27(29(32)33)15-11-14-24-12-9-8-10-13-24)28(20-36(5,6)7)25(23)18-19-31(4)34-21-30(2,3)22-35-31/h8-10,12-13,20,23,25-27H,11,14-19,21-22H2,1-7H3,(H,32,33)/b28-20+/t23-,25+,26+,27+/m1/s1. The van der Waals surface area contributed by atoms with Crippen LogP contribution in [0.5, 0.6) is 0 Å². The largest absolute Gasteiger partial charge is 0.481 e. The van der Waals surface area contributed by atoms with E-state index in [0.717, 1.165) is 44.9 Å². The number of ether oxygens (including phenoxy) is 2. The number of hydrogen-bond donors (Lipinski definition) is 1. The molecule has 0 unspecified atom stereocenters. The lowest BCUT2D eigenvalue weighted by Crippen LogP contribution is -2.46. The molecule has 4 nitrogen and oxygen atoms in total. The number of carboxylic acids is 1. The molecule has 0 radical (unpaired) electrons. The Labute approximate surface area is 220 Å². The topological polar surface area (TPSA) is 55.8 Å². The minimum atomic E-state index is -1.55. The summed E-state index contributed by atoms with van der Waals surface area (Å²) in [7, 11) is -1.55. The van der Waals surface area contributed by atoms with Crippen LogP contribution in [-0.2, 0) is 20.7 Å². The molecule has 1 aliphatic heterocycles. The van der Waals surface area contributed by atoms with E-state index in [0.29, 0.717) is 25.0 Å². The molecule has 0 amide bonds. The van der Waals surface area contributed by atoms with Crippen LogP contribution < -0.4 is 0 Å². The van der Waals surface area contributed by atoms with Gasteiger partial charge in [-0.05, 0) is 68.8 Å². The summed E-state index contributed by atoms with van der Waals surface area (Å²) < 4.78 is 12.4. The highest BCUT2D eigenvalue weighted by Crippen LogP contribution is 2.47. The van der Waals surface area contributed by atoms with Crippen LogP contribution in [0.15, 0.2) is 41.6 Å². The highest BCUT2D eigenvalue weighted by atomic mass is 28.3. The lowest BCUT2D eigenvalue weighted by molar-refractivity contribution is -0.293. The van der Waals surface area contributed by atoms with E-state index in [9.17, 15) is 9.90 Å². The van der Waals surface area contributed by atoms with Crippen molar-refractivity contribution in [1.82, 2.24) is 0 Å². The van der Waals surface area contributed by atoms with E-state index in [-0.39, 0.29) is 17.3 Å². The van der Waals surface area contributed by atoms with Gasteiger partial charge >= 0.3 is 5.97 Å². The summed E-state index contributed by atoms with van der Waals surface area (Å²) in [6.45, 7) is 17.3. The second-order valence-electron chi connectivity index (χ2n) is 13.5. The van der Waals surface area contributed by atoms with Gasteiger partial charge in [0.1, 0.15) is 0 Å². The quantitative estimate of drug-likeness (QED) is 0.324. The smallest absolute Gasteiger partial charge is 0.307 e. The van der Waals surface area contributed by atoms with Gasteiger partial charge in [0.05, 0.1) is 27.2 Å². The van der Waals surface area contributed by atoms with Gasteiger partial charge in [-0.25, -0.2) is 0 Å². The molecular weight excluding hydrogens is 464 g/mol. The SMILES string of the molecule is C[C@@H]1CC[C@@H]([C@H](CCCc2ccccc2)C(=O)O)/C(=C/[Si](C)(C)C)[C@H]1CCC1(C)OCC(C)(C)CO1.